The fraction of sp³-hybridized carbons (Fsp3) is 0.643. The smallest absolute Gasteiger partial charge is 0.276 e. The van der Waals surface area contributed by atoms with Crippen molar-refractivity contribution in [2.75, 3.05) is 13.1 Å². The zero-order valence-electron chi connectivity index (χ0n) is 13.2. The van der Waals surface area contributed by atoms with E-state index in [9.17, 15) is 4.79 Å². The number of hydrogen-bond acceptors (Lipinski definition) is 5. The van der Waals surface area contributed by atoms with E-state index in [1.54, 1.807) is 17.1 Å². The first-order valence-corrected chi connectivity index (χ1v) is 7.53. The summed E-state index contributed by atoms with van der Waals surface area (Å²) in [5.41, 5.74) is 0.214. The fourth-order valence-corrected chi connectivity index (χ4v) is 2.62. The summed E-state index contributed by atoms with van der Waals surface area (Å²) in [5.74, 6) is -0.0692. The molecule has 1 aliphatic heterocycles. The van der Waals surface area contributed by atoms with Crippen molar-refractivity contribution in [3.63, 3.8) is 0 Å². The van der Waals surface area contributed by atoms with Gasteiger partial charge in [-0.25, -0.2) is 9.36 Å². The van der Waals surface area contributed by atoms with Crippen LogP contribution >= 0.6 is 0 Å². The van der Waals surface area contributed by atoms with E-state index >= 15 is 0 Å². The second kappa shape index (κ2) is 5.51. The Balaban J connectivity index is 1.73. The van der Waals surface area contributed by atoms with Gasteiger partial charge in [0.1, 0.15) is 0 Å². The van der Waals surface area contributed by atoms with Gasteiger partial charge in [-0.3, -0.25) is 4.79 Å². The van der Waals surface area contributed by atoms with Gasteiger partial charge in [0.25, 0.3) is 5.91 Å². The lowest BCUT2D eigenvalue weighted by molar-refractivity contribution is 0.0665. The molecule has 8 heteroatoms. The van der Waals surface area contributed by atoms with E-state index in [1.807, 2.05) is 36.5 Å². The standard InChI is InChI=1S/C14H21N7O/c1-14(2,3)21-10-12(16-18-21)13(22)19-7-4-5-11(9-19)20-8-6-15-17-20/h6,8,10-11H,4-5,7,9H2,1-3H3/t11-/m0/s1. The van der Waals surface area contributed by atoms with E-state index in [-0.39, 0.29) is 17.5 Å². The van der Waals surface area contributed by atoms with Crippen molar-refractivity contribution < 1.29 is 4.79 Å². The summed E-state index contributed by atoms with van der Waals surface area (Å²) >= 11 is 0. The Kier molecular flexibility index (Phi) is 3.67. The Labute approximate surface area is 129 Å². The number of carbonyl (C=O) groups is 1. The molecule has 118 valence electrons. The Hall–Kier alpha value is -2.25. The number of aromatic nitrogens is 6. The van der Waals surface area contributed by atoms with Gasteiger partial charge in [-0.1, -0.05) is 10.4 Å². The van der Waals surface area contributed by atoms with Crippen LogP contribution in [0.5, 0.6) is 0 Å². The Bertz CT molecular complexity index is 640. The summed E-state index contributed by atoms with van der Waals surface area (Å²) in [6.07, 6.45) is 7.18. The molecule has 1 saturated heterocycles. The van der Waals surface area contributed by atoms with Gasteiger partial charge in [0.05, 0.1) is 24.0 Å². The molecule has 3 heterocycles. The summed E-state index contributed by atoms with van der Waals surface area (Å²) < 4.78 is 3.55. The third-order valence-corrected chi connectivity index (χ3v) is 3.90. The second-order valence-corrected chi connectivity index (χ2v) is 6.65. The molecule has 0 radical (unpaired) electrons. The van der Waals surface area contributed by atoms with Gasteiger partial charge in [0.2, 0.25) is 0 Å². The van der Waals surface area contributed by atoms with Gasteiger partial charge in [0, 0.05) is 19.3 Å². The van der Waals surface area contributed by atoms with Crippen molar-refractivity contribution in [1.29, 1.82) is 0 Å². The molecule has 0 bridgehead atoms. The van der Waals surface area contributed by atoms with Crippen LogP contribution in [0.3, 0.4) is 0 Å². The topological polar surface area (TPSA) is 81.7 Å². The minimum Gasteiger partial charge on any atom is -0.335 e. The van der Waals surface area contributed by atoms with E-state index in [0.29, 0.717) is 12.2 Å². The van der Waals surface area contributed by atoms with Crippen molar-refractivity contribution in [2.24, 2.45) is 0 Å². The van der Waals surface area contributed by atoms with E-state index < -0.39 is 0 Å². The monoisotopic (exact) mass is 303 g/mol. The summed E-state index contributed by atoms with van der Waals surface area (Å²) in [5, 5.41) is 16.0. The van der Waals surface area contributed by atoms with E-state index in [2.05, 4.69) is 20.6 Å². The van der Waals surface area contributed by atoms with Crippen LogP contribution in [0.15, 0.2) is 18.6 Å². The van der Waals surface area contributed by atoms with Crippen LogP contribution in [0.1, 0.15) is 50.1 Å². The lowest BCUT2D eigenvalue weighted by Crippen LogP contribution is -2.41. The summed E-state index contributed by atoms with van der Waals surface area (Å²) in [7, 11) is 0. The summed E-state index contributed by atoms with van der Waals surface area (Å²) in [6, 6.07) is 0.179. The Morgan fingerprint density at radius 3 is 2.77 bits per heavy atom. The van der Waals surface area contributed by atoms with E-state index in [4.69, 9.17) is 0 Å². The molecule has 0 spiro atoms. The van der Waals surface area contributed by atoms with Gasteiger partial charge in [0.15, 0.2) is 5.69 Å². The highest BCUT2D eigenvalue weighted by Crippen LogP contribution is 2.22. The first kappa shape index (κ1) is 14.7. The molecule has 0 aromatic carbocycles. The van der Waals surface area contributed by atoms with Gasteiger partial charge in [-0.05, 0) is 33.6 Å². The van der Waals surface area contributed by atoms with Crippen LogP contribution in [0.25, 0.3) is 0 Å². The molecule has 0 aliphatic carbocycles. The Morgan fingerprint density at radius 2 is 2.14 bits per heavy atom. The zero-order chi connectivity index (χ0) is 15.7. The molecule has 2 aromatic rings. The molecule has 2 aromatic heterocycles. The maximum atomic E-state index is 12.6. The summed E-state index contributed by atoms with van der Waals surface area (Å²) in [4.78, 5) is 14.4. The number of piperidine rings is 1. The predicted molar refractivity (Wildman–Crippen MR) is 79.2 cm³/mol. The SMILES string of the molecule is CC(C)(C)n1cc(C(=O)N2CCC[C@H](n3ccnn3)C2)nn1. The number of likely N-dealkylation sites (tertiary alicyclic amines) is 1. The minimum absolute atomic E-state index is 0.0692. The van der Waals surface area contributed by atoms with Crippen molar-refractivity contribution >= 4 is 5.91 Å². The van der Waals surface area contributed by atoms with Crippen molar-refractivity contribution in [3.8, 4) is 0 Å². The lowest BCUT2D eigenvalue weighted by Gasteiger charge is -2.32. The average Bonchev–Trinajstić information content (AvgIpc) is 3.17. The average molecular weight is 303 g/mol. The lowest BCUT2D eigenvalue weighted by atomic mass is 10.1. The molecule has 1 aliphatic rings. The van der Waals surface area contributed by atoms with Gasteiger partial charge in [-0.2, -0.15) is 0 Å². The minimum atomic E-state index is -0.184. The van der Waals surface area contributed by atoms with Crippen LogP contribution in [0.4, 0.5) is 0 Å². The van der Waals surface area contributed by atoms with Crippen molar-refractivity contribution in [2.45, 2.75) is 45.2 Å². The van der Waals surface area contributed by atoms with Gasteiger partial charge < -0.3 is 4.90 Å². The molecule has 3 rings (SSSR count). The highest BCUT2D eigenvalue weighted by molar-refractivity contribution is 5.92. The van der Waals surface area contributed by atoms with Crippen LogP contribution in [0.2, 0.25) is 0 Å². The maximum Gasteiger partial charge on any atom is 0.276 e. The highest BCUT2D eigenvalue weighted by atomic mass is 16.2. The second-order valence-electron chi connectivity index (χ2n) is 6.65. The molecule has 1 atom stereocenters. The molecule has 22 heavy (non-hydrogen) atoms. The number of rotatable bonds is 2. The maximum absolute atomic E-state index is 12.6. The molecule has 0 saturated carbocycles. The summed E-state index contributed by atoms with van der Waals surface area (Å²) in [6.45, 7) is 7.45. The molecule has 0 N–H and O–H groups in total. The number of hydrogen-bond donors (Lipinski definition) is 0. The Morgan fingerprint density at radius 1 is 1.32 bits per heavy atom. The number of nitrogens with zero attached hydrogens (tertiary/aromatic N) is 7. The third kappa shape index (κ3) is 2.86. The normalized spacial score (nSPS) is 19.4. The predicted octanol–water partition coefficient (Wildman–Crippen LogP) is 1.10. The van der Waals surface area contributed by atoms with Crippen LogP contribution < -0.4 is 0 Å². The van der Waals surface area contributed by atoms with E-state index in [1.165, 1.54) is 0 Å². The van der Waals surface area contributed by atoms with Crippen LogP contribution in [0, 0.1) is 0 Å². The van der Waals surface area contributed by atoms with Crippen LogP contribution in [-0.2, 0) is 5.54 Å². The molecular formula is C14H21N7O. The molecule has 0 unspecified atom stereocenters. The van der Waals surface area contributed by atoms with Gasteiger partial charge in [-0.15, -0.1) is 10.2 Å². The molecule has 8 nitrogen and oxygen atoms in total. The largest absolute Gasteiger partial charge is 0.335 e. The van der Waals surface area contributed by atoms with E-state index in [0.717, 1.165) is 19.4 Å². The molecular weight excluding hydrogens is 282 g/mol. The third-order valence-electron chi connectivity index (χ3n) is 3.90. The highest BCUT2D eigenvalue weighted by Gasteiger charge is 2.28. The van der Waals surface area contributed by atoms with Gasteiger partial charge >= 0.3 is 0 Å². The fourth-order valence-electron chi connectivity index (χ4n) is 2.62. The first-order chi connectivity index (χ1) is 10.4. The molecule has 1 fully saturated rings. The zero-order valence-corrected chi connectivity index (χ0v) is 13.2. The van der Waals surface area contributed by atoms with Crippen LogP contribution in [-0.4, -0.2) is 53.9 Å². The van der Waals surface area contributed by atoms with Crippen molar-refractivity contribution in [3.05, 3.63) is 24.3 Å². The van der Waals surface area contributed by atoms with Crippen molar-refractivity contribution in [1.82, 2.24) is 34.9 Å². The number of carbonyl (C=O) groups excluding carboxylic acids is 1. The first-order valence-electron chi connectivity index (χ1n) is 7.53. The quantitative estimate of drug-likeness (QED) is 0.830. The molecule has 1 amide bonds. The number of amides is 1.